The predicted octanol–water partition coefficient (Wildman–Crippen LogP) is 3.31. The average molecular weight is 404 g/mol. The molecule has 1 fully saturated rings. The zero-order valence-corrected chi connectivity index (χ0v) is 16.1. The molecule has 0 heterocycles. The van der Waals surface area contributed by atoms with E-state index in [2.05, 4.69) is 10.0 Å². The van der Waals surface area contributed by atoms with Crippen molar-refractivity contribution in [3.8, 4) is 0 Å². The Kier molecular flexibility index (Phi) is 7.55. The molecule has 1 amide bonds. The molecule has 1 atom stereocenters. The highest BCUT2D eigenvalue weighted by atomic mass is 35.5. The number of carbonyl (C=O) groups excluding carboxylic acids is 1. The van der Waals surface area contributed by atoms with Crippen LogP contribution in [0.25, 0.3) is 0 Å². The van der Waals surface area contributed by atoms with E-state index in [9.17, 15) is 13.2 Å². The summed E-state index contributed by atoms with van der Waals surface area (Å²) in [6.07, 6.45) is 5.35. The van der Waals surface area contributed by atoms with Gasteiger partial charge >= 0.3 is 0 Å². The van der Waals surface area contributed by atoms with Crippen LogP contribution in [0.5, 0.6) is 0 Å². The summed E-state index contributed by atoms with van der Waals surface area (Å²) in [6.45, 7) is 7.87. The van der Waals surface area contributed by atoms with Crippen LogP contribution in [0.15, 0.2) is 23.1 Å². The van der Waals surface area contributed by atoms with Crippen molar-refractivity contribution in [1.82, 2.24) is 10.0 Å². The summed E-state index contributed by atoms with van der Waals surface area (Å²) in [5, 5.41) is 3.24. The first-order valence-corrected chi connectivity index (χ1v) is 10.5. The third kappa shape index (κ3) is 6.13. The van der Waals surface area contributed by atoms with Gasteiger partial charge in [0.05, 0.1) is 5.02 Å². The molecule has 0 bridgehead atoms. The van der Waals surface area contributed by atoms with Gasteiger partial charge in [-0.05, 0) is 37.5 Å². The van der Waals surface area contributed by atoms with E-state index < -0.39 is 15.9 Å². The van der Waals surface area contributed by atoms with Crippen molar-refractivity contribution in [3.63, 3.8) is 0 Å². The number of rotatable bonds is 7. The highest BCUT2D eigenvalue weighted by molar-refractivity contribution is 7.89. The Morgan fingerprint density at radius 3 is 2.56 bits per heavy atom. The summed E-state index contributed by atoms with van der Waals surface area (Å²) in [5.74, 6) is -1.36. The average Bonchev–Trinajstić information content (AvgIpc) is 2.55. The van der Waals surface area contributed by atoms with E-state index in [1.165, 1.54) is 24.6 Å². The van der Waals surface area contributed by atoms with Crippen LogP contribution in [0.1, 0.15) is 38.5 Å². The topological polar surface area (TPSA) is 75.3 Å². The molecule has 3 radical (unpaired) electrons. The Hall–Kier alpha value is -0.820. The summed E-state index contributed by atoms with van der Waals surface area (Å²) < 4.78 is 26.8. The molecule has 5 nitrogen and oxygen atoms in total. The van der Waals surface area contributed by atoms with Crippen LogP contribution in [-0.2, 0) is 14.8 Å². The fourth-order valence-corrected chi connectivity index (χ4v) is 4.61. The highest BCUT2D eigenvalue weighted by Crippen LogP contribution is 2.24. The van der Waals surface area contributed by atoms with Gasteiger partial charge in [0.25, 0.3) is 0 Å². The van der Waals surface area contributed by atoms with Crippen molar-refractivity contribution < 1.29 is 13.2 Å². The minimum Gasteiger partial charge on any atom is -0.353 e. The largest absolute Gasteiger partial charge is 0.353 e. The summed E-state index contributed by atoms with van der Waals surface area (Å²) >= 11 is 11.7. The number of benzene rings is 1. The van der Waals surface area contributed by atoms with Crippen LogP contribution < -0.4 is 10.0 Å². The van der Waals surface area contributed by atoms with Gasteiger partial charge in [0.2, 0.25) is 15.9 Å². The summed E-state index contributed by atoms with van der Waals surface area (Å²) in [7, 11) is -3.81. The van der Waals surface area contributed by atoms with Gasteiger partial charge < -0.3 is 5.32 Å². The smallest absolute Gasteiger partial charge is 0.242 e. The van der Waals surface area contributed by atoms with Crippen LogP contribution >= 0.6 is 23.2 Å². The maximum atomic E-state index is 12.2. The van der Waals surface area contributed by atoms with E-state index >= 15 is 0 Å². The number of halogens is 2. The van der Waals surface area contributed by atoms with Crippen LogP contribution in [0.3, 0.4) is 0 Å². The fraction of sp³-hybridized carbons (Fsp3) is 0.529. The number of hydrogen-bond acceptors (Lipinski definition) is 3. The third-order valence-electron chi connectivity index (χ3n) is 4.18. The van der Waals surface area contributed by atoms with Gasteiger partial charge in [0, 0.05) is 30.5 Å². The quantitative estimate of drug-likeness (QED) is 0.732. The molecular formula is C17H21Cl2N2O3S. The molecule has 1 aliphatic carbocycles. The minimum absolute atomic E-state index is 0.0203. The maximum absolute atomic E-state index is 12.2. The number of carbonyl (C=O) groups is 1. The van der Waals surface area contributed by atoms with E-state index in [1.807, 2.05) is 0 Å². The minimum atomic E-state index is -3.81. The van der Waals surface area contributed by atoms with Gasteiger partial charge in [0.1, 0.15) is 4.90 Å². The molecular weight excluding hydrogens is 383 g/mol. The van der Waals surface area contributed by atoms with Crippen LogP contribution in [0.2, 0.25) is 10.0 Å². The second kappa shape index (κ2) is 9.21. The molecule has 2 N–H and O–H groups in total. The number of sulfonamides is 1. The first-order valence-electron chi connectivity index (χ1n) is 8.26. The first-order chi connectivity index (χ1) is 11.8. The van der Waals surface area contributed by atoms with Crippen molar-refractivity contribution in [2.75, 3.05) is 6.54 Å². The normalized spacial score (nSPS) is 17.2. The van der Waals surface area contributed by atoms with Gasteiger partial charge in [0.15, 0.2) is 0 Å². The maximum Gasteiger partial charge on any atom is 0.242 e. The lowest BCUT2D eigenvalue weighted by Gasteiger charge is -2.24. The van der Waals surface area contributed by atoms with Crippen molar-refractivity contribution in [1.29, 1.82) is 0 Å². The Labute approximate surface area is 159 Å². The van der Waals surface area contributed by atoms with Crippen LogP contribution in [-0.4, -0.2) is 26.9 Å². The van der Waals surface area contributed by atoms with E-state index in [4.69, 9.17) is 30.1 Å². The molecule has 0 aliphatic heterocycles. The van der Waals surface area contributed by atoms with Crippen LogP contribution in [0.4, 0.5) is 0 Å². The van der Waals surface area contributed by atoms with Crippen molar-refractivity contribution in [2.24, 2.45) is 5.92 Å². The van der Waals surface area contributed by atoms with E-state index in [-0.39, 0.29) is 34.8 Å². The van der Waals surface area contributed by atoms with Gasteiger partial charge in [-0.15, -0.1) is 0 Å². The molecule has 1 aliphatic rings. The molecule has 137 valence electrons. The molecule has 1 aromatic rings. The molecule has 25 heavy (non-hydrogen) atoms. The van der Waals surface area contributed by atoms with E-state index in [1.54, 1.807) is 0 Å². The molecule has 1 unspecified atom stereocenters. The second-order valence-electron chi connectivity index (χ2n) is 6.16. The molecule has 1 aromatic carbocycles. The number of nitrogens with one attached hydrogen (secondary N) is 2. The molecule has 0 saturated heterocycles. The van der Waals surface area contributed by atoms with Gasteiger partial charge in [-0.3, -0.25) is 4.79 Å². The SMILES string of the molecule is [C]C(CCNS(=O)(=O)c1ccc(Cl)cc1Cl)C(=O)NC1CCCCC1. The van der Waals surface area contributed by atoms with E-state index in [0.717, 1.165) is 25.7 Å². The standard InChI is InChI=1S/C17H21Cl2N2O3S/c1-12(17(22)21-14-5-3-2-4-6-14)9-10-20-25(23,24)16-8-7-13(18)11-15(16)19/h7-8,11-12,14,20H,2-6,9-10H2,(H,21,22). The molecule has 8 heteroatoms. The van der Waals surface area contributed by atoms with Gasteiger partial charge in [-0.2, -0.15) is 0 Å². The molecule has 2 rings (SSSR count). The molecule has 1 saturated carbocycles. The predicted molar refractivity (Wildman–Crippen MR) is 98.0 cm³/mol. The lowest BCUT2D eigenvalue weighted by atomic mass is 9.95. The first kappa shape index (κ1) is 20.5. The van der Waals surface area contributed by atoms with E-state index in [0.29, 0.717) is 5.02 Å². The molecule has 0 spiro atoms. The summed E-state index contributed by atoms with van der Waals surface area (Å²) in [6, 6.07) is 4.25. The lowest BCUT2D eigenvalue weighted by Crippen LogP contribution is -2.40. The molecule has 0 aromatic heterocycles. The number of hydrogen-bond donors (Lipinski definition) is 2. The van der Waals surface area contributed by atoms with Crippen LogP contribution in [0, 0.1) is 12.8 Å². The number of amides is 1. The van der Waals surface area contributed by atoms with Gasteiger partial charge in [-0.1, -0.05) is 42.5 Å². The zero-order valence-electron chi connectivity index (χ0n) is 13.7. The van der Waals surface area contributed by atoms with Gasteiger partial charge in [-0.25, -0.2) is 13.1 Å². The third-order valence-corrected chi connectivity index (χ3v) is 6.36. The van der Waals surface area contributed by atoms with Crippen molar-refractivity contribution >= 4 is 39.1 Å². The Morgan fingerprint density at radius 1 is 1.24 bits per heavy atom. The zero-order chi connectivity index (χ0) is 18.4. The fourth-order valence-electron chi connectivity index (χ4n) is 2.79. The van der Waals surface area contributed by atoms with Crippen molar-refractivity contribution in [2.45, 2.75) is 49.5 Å². The monoisotopic (exact) mass is 403 g/mol. The Balaban J connectivity index is 1.83. The summed E-state index contributed by atoms with van der Waals surface area (Å²) in [4.78, 5) is 11.9. The van der Waals surface area contributed by atoms with Crippen molar-refractivity contribution in [3.05, 3.63) is 35.2 Å². The Bertz CT molecular complexity index is 704. The highest BCUT2D eigenvalue weighted by Gasteiger charge is 2.22. The Morgan fingerprint density at radius 2 is 1.92 bits per heavy atom. The summed E-state index contributed by atoms with van der Waals surface area (Å²) in [5.41, 5.74) is 0. The lowest BCUT2D eigenvalue weighted by molar-refractivity contribution is -0.124. The second-order valence-corrected chi connectivity index (χ2v) is 8.74.